The Kier molecular flexibility index (Phi) is 5.29. The second kappa shape index (κ2) is 6.81. The van der Waals surface area contributed by atoms with Gasteiger partial charge >= 0.3 is 0 Å². The molecule has 21 heavy (non-hydrogen) atoms. The highest BCUT2D eigenvalue weighted by molar-refractivity contribution is 14.1. The number of halogens is 3. The summed E-state index contributed by atoms with van der Waals surface area (Å²) in [5, 5.41) is 3.34. The number of benzene rings is 1. The zero-order chi connectivity index (χ0) is 15.6. The summed E-state index contributed by atoms with van der Waals surface area (Å²) in [6, 6.07) is 6.62. The van der Waals surface area contributed by atoms with Crippen LogP contribution >= 0.6 is 45.8 Å². The lowest BCUT2D eigenvalue weighted by atomic mass is 10.2. The molecule has 1 heterocycles. The molecule has 0 aliphatic heterocycles. The highest BCUT2D eigenvalue weighted by Gasteiger charge is 2.17. The number of nitrogens with one attached hydrogen (secondary N) is 1. The summed E-state index contributed by atoms with van der Waals surface area (Å²) in [5.41, 5.74) is 1.09. The van der Waals surface area contributed by atoms with Crippen LogP contribution in [0.15, 0.2) is 24.3 Å². The Labute approximate surface area is 145 Å². The van der Waals surface area contributed by atoms with E-state index in [1.165, 1.54) is 19.2 Å². The first-order valence-electron chi connectivity index (χ1n) is 5.90. The number of carbonyl (C=O) groups is 1. The first kappa shape index (κ1) is 16.3. The molecule has 0 aliphatic carbocycles. The van der Waals surface area contributed by atoms with Crippen molar-refractivity contribution in [3.63, 3.8) is 0 Å². The highest BCUT2D eigenvalue weighted by atomic mass is 127. The standard InChI is InChI=1S/C14H11Cl2IN2O2/c1-7-11(17)3-4-12(18-7)19-14(20)9-5-8(15)6-10(16)13(9)21-2/h3-6H,1-2H3,(H,18,19,20). The third-order valence-corrected chi connectivity index (χ3v) is 4.36. The Balaban J connectivity index is 2.34. The molecule has 2 rings (SSSR count). The Morgan fingerprint density at radius 2 is 2.05 bits per heavy atom. The molecule has 0 aliphatic rings. The van der Waals surface area contributed by atoms with Crippen molar-refractivity contribution in [1.29, 1.82) is 0 Å². The van der Waals surface area contributed by atoms with Crippen LogP contribution in [-0.4, -0.2) is 18.0 Å². The minimum Gasteiger partial charge on any atom is -0.494 e. The van der Waals surface area contributed by atoms with Crippen LogP contribution in [0.4, 0.5) is 5.82 Å². The molecular weight excluding hydrogens is 426 g/mol. The fraction of sp³-hybridized carbons (Fsp3) is 0.143. The zero-order valence-electron chi connectivity index (χ0n) is 11.2. The van der Waals surface area contributed by atoms with Crippen molar-refractivity contribution in [3.8, 4) is 5.75 Å². The summed E-state index contributed by atoms with van der Waals surface area (Å²) in [6.07, 6.45) is 0. The molecule has 4 nitrogen and oxygen atoms in total. The molecule has 0 bridgehead atoms. The largest absolute Gasteiger partial charge is 0.494 e. The molecule has 110 valence electrons. The second-order valence-electron chi connectivity index (χ2n) is 4.19. The fourth-order valence-corrected chi connectivity index (χ4v) is 2.60. The van der Waals surface area contributed by atoms with E-state index in [4.69, 9.17) is 27.9 Å². The summed E-state index contributed by atoms with van der Waals surface area (Å²) in [6.45, 7) is 1.87. The highest BCUT2D eigenvalue weighted by Crippen LogP contribution is 2.32. The van der Waals surface area contributed by atoms with Gasteiger partial charge in [0, 0.05) is 8.59 Å². The van der Waals surface area contributed by atoms with E-state index in [9.17, 15) is 4.79 Å². The smallest absolute Gasteiger partial charge is 0.260 e. The van der Waals surface area contributed by atoms with E-state index >= 15 is 0 Å². The predicted molar refractivity (Wildman–Crippen MR) is 92.7 cm³/mol. The Morgan fingerprint density at radius 1 is 1.33 bits per heavy atom. The number of anilines is 1. The number of pyridine rings is 1. The van der Waals surface area contributed by atoms with Crippen molar-refractivity contribution in [2.75, 3.05) is 12.4 Å². The summed E-state index contributed by atoms with van der Waals surface area (Å²) in [4.78, 5) is 16.6. The molecule has 0 fully saturated rings. The maximum atomic E-state index is 12.3. The lowest BCUT2D eigenvalue weighted by molar-refractivity contribution is 0.102. The Morgan fingerprint density at radius 3 is 2.67 bits per heavy atom. The molecular formula is C14H11Cl2IN2O2. The summed E-state index contributed by atoms with van der Waals surface area (Å²) in [5.74, 6) is 0.348. The minimum absolute atomic E-state index is 0.257. The van der Waals surface area contributed by atoms with E-state index in [1.54, 1.807) is 6.07 Å². The molecule has 0 saturated carbocycles. The third-order valence-electron chi connectivity index (χ3n) is 2.72. The number of nitrogens with zero attached hydrogens (tertiary/aromatic N) is 1. The van der Waals surface area contributed by atoms with Crippen LogP contribution < -0.4 is 10.1 Å². The normalized spacial score (nSPS) is 10.3. The van der Waals surface area contributed by atoms with Crippen molar-refractivity contribution in [2.24, 2.45) is 0 Å². The van der Waals surface area contributed by atoms with E-state index in [0.29, 0.717) is 10.8 Å². The van der Waals surface area contributed by atoms with Crippen LogP contribution in [0, 0.1) is 10.5 Å². The lowest BCUT2D eigenvalue weighted by Gasteiger charge is -2.11. The Bertz CT molecular complexity index is 708. The van der Waals surface area contributed by atoms with Crippen LogP contribution in [0.1, 0.15) is 16.1 Å². The van der Waals surface area contributed by atoms with Gasteiger partial charge in [0.05, 0.1) is 23.4 Å². The van der Waals surface area contributed by atoms with Crippen molar-refractivity contribution < 1.29 is 9.53 Å². The number of hydrogen-bond acceptors (Lipinski definition) is 3. The molecule has 0 radical (unpaired) electrons. The number of ether oxygens (including phenoxy) is 1. The molecule has 7 heteroatoms. The van der Waals surface area contributed by atoms with Crippen LogP contribution in [0.3, 0.4) is 0 Å². The molecule has 1 aromatic heterocycles. The van der Waals surface area contributed by atoms with Gasteiger partial charge in [-0.2, -0.15) is 0 Å². The monoisotopic (exact) mass is 436 g/mol. The van der Waals surface area contributed by atoms with Gasteiger partial charge in [0.1, 0.15) is 11.6 Å². The van der Waals surface area contributed by atoms with Crippen molar-refractivity contribution >= 4 is 57.5 Å². The van der Waals surface area contributed by atoms with Gasteiger partial charge in [0.25, 0.3) is 5.91 Å². The molecule has 0 spiro atoms. The van der Waals surface area contributed by atoms with Crippen LogP contribution in [0.2, 0.25) is 10.0 Å². The predicted octanol–water partition coefficient (Wildman–Crippen LogP) is 4.56. The average molecular weight is 437 g/mol. The summed E-state index contributed by atoms with van der Waals surface area (Å²) < 4.78 is 6.18. The molecule has 1 aromatic carbocycles. The van der Waals surface area contributed by atoms with E-state index < -0.39 is 0 Å². The molecule has 0 atom stereocenters. The van der Waals surface area contributed by atoms with Gasteiger partial charge in [-0.1, -0.05) is 23.2 Å². The van der Waals surface area contributed by atoms with Gasteiger partial charge in [-0.25, -0.2) is 4.98 Å². The first-order valence-corrected chi connectivity index (χ1v) is 7.73. The van der Waals surface area contributed by atoms with E-state index in [0.717, 1.165) is 9.26 Å². The van der Waals surface area contributed by atoms with Crippen LogP contribution in [-0.2, 0) is 0 Å². The number of methoxy groups -OCH3 is 1. The van der Waals surface area contributed by atoms with Crippen molar-refractivity contribution in [3.05, 3.63) is 49.1 Å². The SMILES string of the molecule is COc1c(Cl)cc(Cl)cc1C(=O)Nc1ccc(I)c(C)n1. The maximum absolute atomic E-state index is 12.3. The number of carbonyl (C=O) groups excluding carboxylic acids is 1. The second-order valence-corrected chi connectivity index (χ2v) is 6.19. The van der Waals surface area contributed by atoms with Gasteiger partial charge in [0.2, 0.25) is 0 Å². The van der Waals surface area contributed by atoms with E-state index in [1.807, 2.05) is 13.0 Å². The summed E-state index contributed by atoms with van der Waals surface area (Å²) >= 11 is 14.1. The van der Waals surface area contributed by atoms with Crippen molar-refractivity contribution in [2.45, 2.75) is 6.92 Å². The minimum atomic E-state index is -0.385. The number of aryl methyl sites for hydroxylation is 1. The Hall–Kier alpha value is -1.05. The lowest BCUT2D eigenvalue weighted by Crippen LogP contribution is -2.14. The molecule has 1 N–H and O–H groups in total. The van der Waals surface area contributed by atoms with Crippen LogP contribution in [0.25, 0.3) is 0 Å². The van der Waals surface area contributed by atoms with E-state index in [-0.39, 0.29) is 22.2 Å². The van der Waals surface area contributed by atoms with Gasteiger partial charge < -0.3 is 10.1 Å². The quantitative estimate of drug-likeness (QED) is 0.717. The summed E-state index contributed by atoms with van der Waals surface area (Å²) in [7, 11) is 1.44. The maximum Gasteiger partial charge on any atom is 0.260 e. The van der Waals surface area contributed by atoms with E-state index in [2.05, 4.69) is 32.9 Å². The molecule has 0 unspecified atom stereocenters. The van der Waals surface area contributed by atoms with Crippen molar-refractivity contribution in [1.82, 2.24) is 4.98 Å². The molecule has 1 amide bonds. The topological polar surface area (TPSA) is 51.2 Å². The van der Waals surface area contributed by atoms with Gasteiger partial charge in [0.15, 0.2) is 0 Å². The number of amides is 1. The average Bonchev–Trinajstić information content (AvgIpc) is 2.42. The molecule has 2 aromatic rings. The zero-order valence-corrected chi connectivity index (χ0v) is 14.9. The first-order chi connectivity index (χ1) is 9.92. The fourth-order valence-electron chi connectivity index (χ4n) is 1.73. The third kappa shape index (κ3) is 3.78. The molecule has 0 saturated heterocycles. The van der Waals surface area contributed by atoms with Gasteiger partial charge in [-0.15, -0.1) is 0 Å². The van der Waals surface area contributed by atoms with Crippen LogP contribution in [0.5, 0.6) is 5.75 Å². The number of aromatic nitrogens is 1. The van der Waals surface area contributed by atoms with Gasteiger partial charge in [-0.05, 0) is 53.8 Å². The van der Waals surface area contributed by atoms with Gasteiger partial charge in [-0.3, -0.25) is 4.79 Å². The number of hydrogen-bond donors (Lipinski definition) is 1. The number of rotatable bonds is 3.